The monoisotopic (exact) mass is 489 g/mol. The van der Waals surface area contributed by atoms with Gasteiger partial charge in [-0.2, -0.15) is 0 Å². The van der Waals surface area contributed by atoms with E-state index in [9.17, 15) is 0 Å². The van der Waals surface area contributed by atoms with Gasteiger partial charge in [-0.25, -0.2) is 0 Å². The molecule has 1 fully saturated rings. The van der Waals surface area contributed by atoms with E-state index in [4.69, 9.17) is 4.74 Å². The van der Waals surface area contributed by atoms with Gasteiger partial charge in [0.1, 0.15) is 0 Å². The van der Waals surface area contributed by atoms with Crippen molar-refractivity contribution in [2.75, 3.05) is 60.0 Å². The second kappa shape index (κ2) is 14.1. The van der Waals surface area contributed by atoms with Crippen LogP contribution < -0.4 is 10.6 Å². The Hall–Kier alpha value is -0.900. The minimum Gasteiger partial charge on any atom is -0.380 e. The van der Waals surface area contributed by atoms with Crippen LogP contribution in [0, 0.1) is 0 Å². The van der Waals surface area contributed by atoms with Crippen molar-refractivity contribution >= 4 is 29.9 Å². The Morgan fingerprint density at radius 2 is 1.81 bits per heavy atom. The maximum atomic E-state index is 5.33. The maximum Gasteiger partial charge on any atom is 0.191 e. The van der Waals surface area contributed by atoms with E-state index in [1.165, 1.54) is 30.6 Å². The molecule has 0 spiro atoms. The average molecular weight is 489 g/mol. The third kappa shape index (κ3) is 9.73. The molecule has 0 aliphatic carbocycles. The van der Waals surface area contributed by atoms with Crippen LogP contribution in [0.15, 0.2) is 29.3 Å². The second-order valence-electron chi connectivity index (χ2n) is 6.80. The van der Waals surface area contributed by atoms with Crippen LogP contribution in [0.2, 0.25) is 0 Å². The molecule has 1 aromatic carbocycles. The molecule has 0 unspecified atom stereocenters. The Balaban J connectivity index is 0.00000364. The van der Waals surface area contributed by atoms with E-state index in [-0.39, 0.29) is 24.0 Å². The smallest absolute Gasteiger partial charge is 0.191 e. The summed E-state index contributed by atoms with van der Waals surface area (Å²) in [5.74, 6) is 0.808. The largest absolute Gasteiger partial charge is 0.380 e. The Morgan fingerprint density at radius 1 is 1.07 bits per heavy atom. The molecular formula is C20H36IN5O. The average Bonchev–Trinajstić information content (AvgIpc) is 2.86. The second-order valence-corrected chi connectivity index (χ2v) is 6.80. The lowest BCUT2D eigenvalue weighted by Gasteiger charge is -2.20. The van der Waals surface area contributed by atoms with Crippen LogP contribution in [-0.4, -0.2) is 75.8 Å². The lowest BCUT2D eigenvalue weighted by Crippen LogP contribution is -2.38. The van der Waals surface area contributed by atoms with Gasteiger partial charge in [-0.1, -0.05) is 24.3 Å². The summed E-state index contributed by atoms with van der Waals surface area (Å²) in [6.07, 6.45) is 1.26. The van der Waals surface area contributed by atoms with Gasteiger partial charge in [-0.05, 0) is 44.6 Å². The summed E-state index contributed by atoms with van der Waals surface area (Å²) in [4.78, 5) is 9.22. The van der Waals surface area contributed by atoms with E-state index >= 15 is 0 Å². The number of hydrogen-bond donors (Lipinski definition) is 2. The van der Waals surface area contributed by atoms with Crippen molar-refractivity contribution in [3.63, 3.8) is 0 Å². The molecule has 0 atom stereocenters. The van der Waals surface area contributed by atoms with Crippen LogP contribution in [0.4, 0.5) is 0 Å². The van der Waals surface area contributed by atoms with Crippen molar-refractivity contribution in [1.29, 1.82) is 0 Å². The molecule has 0 aromatic heterocycles. The van der Waals surface area contributed by atoms with Gasteiger partial charge in [0.25, 0.3) is 0 Å². The van der Waals surface area contributed by atoms with Crippen LogP contribution in [0.25, 0.3) is 0 Å². The van der Waals surface area contributed by atoms with Crippen molar-refractivity contribution in [2.45, 2.75) is 26.4 Å². The first kappa shape index (κ1) is 24.1. The van der Waals surface area contributed by atoms with Gasteiger partial charge in [-0.3, -0.25) is 9.89 Å². The van der Waals surface area contributed by atoms with Gasteiger partial charge in [0.05, 0.1) is 6.61 Å². The first-order valence-electron chi connectivity index (χ1n) is 9.72. The number of benzene rings is 1. The topological polar surface area (TPSA) is 52.1 Å². The van der Waals surface area contributed by atoms with Crippen molar-refractivity contribution < 1.29 is 4.74 Å². The highest BCUT2D eigenvalue weighted by molar-refractivity contribution is 14.0. The van der Waals surface area contributed by atoms with Gasteiger partial charge in [0, 0.05) is 46.4 Å². The van der Waals surface area contributed by atoms with Gasteiger partial charge in [-0.15, -0.1) is 24.0 Å². The van der Waals surface area contributed by atoms with Crippen molar-refractivity contribution in [2.24, 2.45) is 4.99 Å². The summed E-state index contributed by atoms with van der Waals surface area (Å²) in [7, 11) is 4.00. The number of aliphatic imine (C=N–C) groups is 1. The summed E-state index contributed by atoms with van der Waals surface area (Å²) in [6.45, 7) is 10.7. The molecule has 27 heavy (non-hydrogen) atoms. The third-order valence-electron chi connectivity index (χ3n) is 4.67. The van der Waals surface area contributed by atoms with Crippen molar-refractivity contribution in [3.8, 4) is 0 Å². The van der Waals surface area contributed by atoms with E-state index in [1.54, 1.807) is 7.05 Å². The standard InChI is InChI=1S/C20H35N5O.HI/c1-4-26-15-10-22-20(21-2)23-16-18-6-8-19(9-7-18)17-25-12-5-11-24(3)13-14-25;/h6-9H,4-5,10-17H2,1-3H3,(H2,21,22,23);1H. The minimum absolute atomic E-state index is 0. The zero-order valence-electron chi connectivity index (χ0n) is 17.0. The maximum absolute atomic E-state index is 5.33. The zero-order chi connectivity index (χ0) is 18.6. The van der Waals surface area contributed by atoms with E-state index in [1.807, 2.05) is 6.92 Å². The normalized spacial score (nSPS) is 16.5. The number of guanidine groups is 1. The fourth-order valence-corrected chi connectivity index (χ4v) is 3.07. The van der Waals surface area contributed by atoms with Crippen LogP contribution in [0.1, 0.15) is 24.5 Å². The molecule has 2 rings (SSSR count). The fraction of sp³-hybridized carbons (Fsp3) is 0.650. The number of likely N-dealkylation sites (N-methyl/N-ethyl adjacent to an activating group) is 1. The summed E-state index contributed by atoms with van der Waals surface area (Å²) in [5.41, 5.74) is 2.65. The summed E-state index contributed by atoms with van der Waals surface area (Å²) in [6, 6.07) is 8.91. The highest BCUT2D eigenvalue weighted by atomic mass is 127. The summed E-state index contributed by atoms with van der Waals surface area (Å²) < 4.78 is 5.33. The quantitative estimate of drug-likeness (QED) is 0.254. The molecule has 7 heteroatoms. The molecule has 1 aliphatic rings. The predicted octanol–water partition coefficient (Wildman–Crippen LogP) is 2.14. The molecule has 1 heterocycles. The van der Waals surface area contributed by atoms with Gasteiger partial charge >= 0.3 is 0 Å². The van der Waals surface area contributed by atoms with Crippen molar-refractivity contribution in [3.05, 3.63) is 35.4 Å². The lowest BCUT2D eigenvalue weighted by molar-refractivity contribution is 0.152. The minimum atomic E-state index is 0. The number of hydrogen-bond acceptors (Lipinski definition) is 4. The van der Waals surface area contributed by atoms with E-state index < -0.39 is 0 Å². The molecule has 0 amide bonds. The van der Waals surface area contributed by atoms with Gasteiger partial charge < -0.3 is 20.3 Å². The Bertz CT molecular complexity index is 538. The highest BCUT2D eigenvalue weighted by Crippen LogP contribution is 2.10. The van der Waals surface area contributed by atoms with Crippen molar-refractivity contribution in [1.82, 2.24) is 20.4 Å². The summed E-state index contributed by atoms with van der Waals surface area (Å²) >= 11 is 0. The highest BCUT2D eigenvalue weighted by Gasteiger charge is 2.12. The first-order chi connectivity index (χ1) is 12.7. The molecular weight excluding hydrogens is 453 g/mol. The number of nitrogens with zero attached hydrogens (tertiary/aromatic N) is 3. The number of ether oxygens (including phenoxy) is 1. The van der Waals surface area contributed by atoms with E-state index in [0.717, 1.165) is 45.3 Å². The van der Waals surface area contributed by atoms with Crippen LogP contribution >= 0.6 is 24.0 Å². The number of nitrogens with one attached hydrogen (secondary N) is 2. The molecule has 0 radical (unpaired) electrons. The number of halogens is 1. The molecule has 0 bridgehead atoms. The Morgan fingerprint density at radius 3 is 2.52 bits per heavy atom. The zero-order valence-corrected chi connectivity index (χ0v) is 19.4. The SMILES string of the molecule is CCOCCNC(=NC)NCc1ccc(CN2CCCN(C)CC2)cc1.I. The van der Waals surface area contributed by atoms with Gasteiger partial charge in [0.2, 0.25) is 0 Å². The predicted molar refractivity (Wildman–Crippen MR) is 124 cm³/mol. The molecule has 1 saturated heterocycles. The van der Waals surface area contributed by atoms with Crippen LogP contribution in [0.5, 0.6) is 0 Å². The summed E-state index contributed by atoms with van der Waals surface area (Å²) in [5, 5.41) is 6.60. The molecule has 2 N–H and O–H groups in total. The third-order valence-corrected chi connectivity index (χ3v) is 4.67. The molecule has 154 valence electrons. The molecule has 6 nitrogen and oxygen atoms in total. The van der Waals surface area contributed by atoms with Gasteiger partial charge in [0.15, 0.2) is 5.96 Å². The van der Waals surface area contributed by atoms with E-state index in [2.05, 4.69) is 56.7 Å². The molecule has 1 aromatic rings. The first-order valence-corrected chi connectivity index (χ1v) is 9.72. The Labute approximate surface area is 181 Å². The Kier molecular flexibility index (Phi) is 12.6. The lowest BCUT2D eigenvalue weighted by atomic mass is 10.1. The van der Waals surface area contributed by atoms with E-state index in [0.29, 0.717) is 6.61 Å². The van der Waals surface area contributed by atoms with Crippen LogP contribution in [0.3, 0.4) is 0 Å². The van der Waals surface area contributed by atoms with Crippen LogP contribution in [-0.2, 0) is 17.8 Å². The molecule has 0 saturated carbocycles. The fourth-order valence-electron chi connectivity index (χ4n) is 3.07. The molecule has 1 aliphatic heterocycles. The number of rotatable bonds is 8.